The molecule has 1 aliphatic carbocycles. The van der Waals surface area contributed by atoms with E-state index >= 15 is 0 Å². The van der Waals surface area contributed by atoms with Crippen LogP contribution in [0.1, 0.15) is 56.6 Å². The molecule has 1 aliphatic heterocycles. The predicted molar refractivity (Wildman–Crippen MR) is 119 cm³/mol. The van der Waals surface area contributed by atoms with Gasteiger partial charge in [-0.2, -0.15) is 0 Å². The highest BCUT2D eigenvalue weighted by molar-refractivity contribution is 8.15. The van der Waals surface area contributed by atoms with E-state index in [9.17, 15) is 4.79 Å². The molecule has 2 aromatic rings. The van der Waals surface area contributed by atoms with E-state index in [0.29, 0.717) is 11.7 Å². The Morgan fingerprint density at radius 1 is 1.14 bits per heavy atom. The first kappa shape index (κ1) is 19.1. The van der Waals surface area contributed by atoms with Crippen LogP contribution in [0.3, 0.4) is 0 Å². The molecule has 5 heteroatoms. The van der Waals surface area contributed by atoms with Gasteiger partial charge in [0.05, 0.1) is 5.75 Å². The van der Waals surface area contributed by atoms with E-state index < -0.39 is 0 Å². The van der Waals surface area contributed by atoms with Gasteiger partial charge in [0.1, 0.15) is 10.7 Å². The third-order valence-corrected chi connectivity index (χ3v) is 6.46. The summed E-state index contributed by atoms with van der Waals surface area (Å²) in [5.74, 6) is 0.845. The summed E-state index contributed by atoms with van der Waals surface area (Å²) in [5, 5.41) is 7.62. The van der Waals surface area contributed by atoms with Crippen molar-refractivity contribution in [3.8, 4) is 0 Å². The van der Waals surface area contributed by atoms with Gasteiger partial charge >= 0.3 is 0 Å². The lowest BCUT2D eigenvalue weighted by atomic mass is 10.0. The average Bonchev–Trinajstić information content (AvgIpc) is 3.14. The smallest absolute Gasteiger partial charge is 0.234 e. The Bertz CT molecular complexity index is 883. The minimum atomic E-state index is -0.181. The van der Waals surface area contributed by atoms with E-state index in [-0.39, 0.29) is 11.6 Å². The van der Waals surface area contributed by atoms with Gasteiger partial charge in [-0.05, 0) is 55.4 Å². The van der Waals surface area contributed by atoms with Crippen LogP contribution < -0.4 is 10.6 Å². The zero-order chi connectivity index (χ0) is 19.6. The van der Waals surface area contributed by atoms with Gasteiger partial charge in [-0.3, -0.25) is 4.79 Å². The lowest BCUT2D eigenvalue weighted by Crippen LogP contribution is -2.37. The van der Waals surface area contributed by atoms with Gasteiger partial charge < -0.3 is 10.6 Å². The number of fused-ring (bicyclic) bond motifs is 1. The Labute approximate surface area is 171 Å². The highest BCUT2D eigenvalue weighted by Gasteiger charge is 2.37. The number of hydrogen-bond donors (Lipinski definition) is 2. The third kappa shape index (κ3) is 4.09. The van der Waals surface area contributed by atoms with Gasteiger partial charge in [0.15, 0.2) is 0 Å². The first-order chi connectivity index (χ1) is 13.5. The molecule has 2 aromatic carbocycles. The molecule has 0 saturated heterocycles. The molecule has 146 valence electrons. The van der Waals surface area contributed by atoms with Crippen molar-refractivity contribution >= 4 is 34.1 Å². The van der Waals surface area contributed by atoms with Crippen molar-refractivity contribution in [2.24, 2.45) is 4.99 Å². The van der Waals surface area contributed by atoms with E-state index in [1.165, 1.54) is 30.2 Å². The summed E-state index contributed by atoms with van der Waals surface area (Å²) in [6.07, 6.45) is 4.51. The lowest BCUT2D eigenvalue weighted by Gasteiger charge is -2.33. The maximum Gasteiger partial charge on any atom is 0.234 e. The summed E-state index contributed by atoms with van der Waals surface area (Å²) in [7, 11) is 0. The number of aliphatic imine (C=N–C) groups is 1. The van der Waals surface area contributed by atoms with Gasteiger partial charge in [-0.25, -0.2) is 4.99 Å². The Kier molecular flexibility index (Phi) is 5.44. The van der Waals surface area contributed by atoms with Crippen molar-refractivity contribution in [3.63, 3.8) is 0 Å². The Morgan fingerprint density at radius 2 is 1.86 bits per heavy atom. The van der Waals surface area contributed by atoms with Gasteiger partial charge in [0.25, 0.3) is 0 Å². The molecule has 2 aliphatic rings. The molecule has 0 bridgehead atoms. The van der Waals surface area contributed by atoms with E-state index in [4.69, 9.17) is 4.99 Å². The van der Waals surface area contributed by atoms with Crippen LogP contribution in [-0.4, -0.2) is 22.4 Å². The van der Waals surface area contributed by atoms with E-state index in [0.717, 1.165) is 34.8 Å². The number of carbonyl (C=O) groups excluding carboxylic acids is 1. The zero-order valence-electron chi connectivity index (χ0n) is 16.5. The van der Waals surface area contributed by atoms with Gasteiger partial charge in [0, 0.05) is 16.9 Å². The summed E-state index contributed by atoms with van der Waals surface area (Å²) in [4.78, 5) is 17.5. The maximum absolute atomic E-state index is 12.5. The summed E-state index contributed by atoms with van der Waals surface area (Å²) < 4.78 is 0. The van der Waals surface area contributed by atoms with Crippen LogP contribution in [0.2, 0.25) is 0 Å². The highest BCUT2D eigenvalue weighted by Crippen LogP contribution is 2.40. The molecule has 1 saturated carbocycles. The van der Waals surface area contributed by atoms with Crippen molar-refractivity contribution in [3.05, 3.63) is 59.7 Å². The fourth-order valence-corrected chi connectivity index (χ4v) is 4.81. The maximum atomic E-state index is 12.5. The number of thioether (sulfide) groups is 1. The quantitative estimate of drug-likeness (QED) is 0.708. The predicted octanol–water partition coefficient (Wildman–Crippen LogP) is 5.62. The average molecular weight is 394 g/mol. The van der Waals surface area contributed by atoms with Crippen molar-refractivity contribution < 1.29 is 4.79 Å². The Balaban J connectivity index is 1.44. The van der Waals surface area contributed by atoms with Crippen LogP contribution in [0.15, 0.2) is 53.5 Å². The Hall–Kier alpha value is -2.27. The molecule has 1 heterocycles. The third-order valence-electron chi connectivity index (χ3n) is 5.47. The molecule has 4 nitrogen and oxygen atoms in total. The molecule has 1 spiro atoms. The second-order valence-electron chi connectivity index (χ2n) is 7.94. The number of benzene rings is 2. The van der Waals surface area contributed by atoms with E-state index in [1.54, 1.807) is 0 Å². The molecule has 0 atom stereocenters. The largest absolute Gasteiger partial charge is 0.361 e. The molecule has 0 unspecified atom stereocenters. The number of nitrogens with one attached hydrogen (secondary N) is 2. The summed E-state index contributed by atoms with van der Waals surface area (Å²) >= 11 is 1.53. The first-order valence-corrected chi connectivity index (χ1v) is 11.0. The number of amides is 1. The van der Waals surface area contributed by atoms with Crippen LogP contribution in [0.4, 0.5) is 11.4 Å². The summed E-state index contributed by atoms with van der Waals surface area (Å²) in [6, 6.07) is 16.4. The fourth-order valence-electron chi connectivity index (χ4n) is 3.90. The van der Waals surface area contributed by atoms with Crippen molar-refractivity contribution in [1.29, 1.82) is 0 Å². The number of carbonyl (C=O) groups is 1. The van der Waals surface area contributed by atoms with E-state index in [1.807, 2.05) is 18.2 Å². The summed E-state index contributed by atoms with van der Waals surface area (Å²) in [5.41, 5.74) is 4.16. The second-order valence-corrected chi connectivity index (χ2v) is 8.90. The molecule has 1 fully saturated rings. The number of nitrogens with zero attached hydrogens (tertiary/aromatic N) is 1. The van der Waals surface area contributed by atoms with Gasteiger partial charge in [0.2, 0.25) is 5.91 Å². The lowest BCUT2D eigenvalue weighted by molar-refractivity contribution is -0.113. The minimum Gasteiger partial charge on any atom is -0.361 e. The van der Waals surface area contributed by atoms with Gasteiger partial charge in [-0.15, -0.1) is 0 Å². The number of para-hydroxylation sites is 1. The molecule has 2 N–H and O–H groups in total. The topological polar surface area (TPSA) is 53.5 Å². The Morgan fingerprint density at radius 3 is 2.57 bits per heavy atom. The SMILES string of the molecule is CC(C)c1ccc(NC(=O)CSC2=NC3(CCCC3)Nc3ccccc32)cc1. The van der Waals surface area contributed by atoms with Crippen LogP contribution in [0.25, 0.3) is 0 Å². The van der Waals surface area contributed by atoms with Crippen molar-refractivity contribution in [1.82, 2.24) is 0 Å². The highest BCUT2D eigenvalue weighted by atomic mass is 32.2. The van der Waals surface area contributed by atoms with Crippen LogP contribution in [0.5, 0.6) is 0 Å². The monoisotopic (exact) mass is 393 g/mol. The van der Waals surface area contributed by atoms with Crippen molar-refractivity contribution in [2.45, 2.75) is 51.1 Å². The van der Waals surface area contributed by atoms with Crippen LogP contribution >= 0.6 is 11.8 Å². The number of hydrogen-bond acceptors (Lipinski definition) is 4. The zero-order valence-corrected chi connectivity index (χ0v) is 17.3. The number of rotatable bonds is 4. The molecular weight excluding hydrogens is 366 g/mol. The summed E-state index contributed by atoms with van der Waals surface area (Å²) in [6.45, 7) is 4.33. The minimum absolute atomic E-state index is 0.00137. The normalized spacial score (nSPS) is 17.2. The van der Waals surface area contributed by atoms with Crippen molar-refractivity contribution in [2.75, 3.05) is 16.4 Å². The molecule has 1 amide bonds. The standard InChI is InChI=1S/C23H27N3OS/c1-16(2)17-9-11-18(12-10-17)24-21(27)15-28-22-19-7-3-4-8-20(19)25-23(26-22)13-5-6-14-23/h3-4,7-12,16,25H,5-6,13-15H2,1-2H3,(H,24,27). The second kappa shape index (κ2) is 8.00. The van der Waals surface area contributed by atoms with E-state index in [2.05, 4.69) is 54.8 Å². The van der Waals surface area contributed by atoms with Crippen LogP contribution in [0, 0.1) is 0 Å². The molecule has 0 radical (unpaired) electrons. The first-order valence-electron chi connectivity index (χ1n) is 10.0. The van der Waals surface area contributed by atoms with Gasteiger partial charge in [-0.1, -0.05) is 55.9 Å². The molecular formula is C23H27N3OS. The molecule has 4 rings (SSSR count). The van der Waals surface area contributed by atoms with Crippen LogP contribution in [-0.2, 0) is 4.79 Å². The molecule has 28 heavy (non-hydrogen) atoms. The fraction of sp³-hybridized carbons (Fsp3) is 0.391. The molecule has 0 aromatic heterocycles. The number of anilines is 2.